The van der Waals surface area contributed by atoms with Gasteiger partial charge in [-0.1, -0.05) is 73.0 Å². The first-order valence-corrected chi connectivity index (χ1v) is 14.1. The van der Waals surface area contributed by atoms with Crippen molar-refractivity contribution < 1.29 is 9.59 Å². The summed E-state index contributed by atoms with van der Waals surface area (Å²) < 4.78 is 0. The van der Waals surface area contributed by atoms with Crippen LogP contribution in [0.1, 0.15) is 58.3 Å². The zero-order valence-electron chi connectivity index (χ0n) is 21.0. The van der Waals surface area contributed by atoms with Crippen LogP contribution in [0, 0.1) is 6.92 Å². The number of fused-ring (bicyclic) bond motifs is 1. The molecule has 2 amide bonds. The molecule has 0 bridgehead atoms. The van der Waals surface area contributed by atoms with Crippen molar-refractivity contribution in [2.75, 3.05) is 0 Å². The Bertz CT molecular complexity index is 1300. The van der Waals surface area contributed by atoms with E-state index < -0.39 is 0 Å². The molecule has 3 aromatic rings. The van der Waals surface area contributed by atoms with Crippen LogP contribution in [0.15, 0.2) is 77.7 Å². The molecule has 1 saturated heterocycles. The minimum Gasteiger partial charge on any atom is -0.348 e. The summed E-state index contributed by atoms with van der Waals surface area (Å²) in [7, 11) is 0. The number of nitrogens with one attached hydrogen (secondary N) is 1. The Labute approximate surface area is 228 Å². The van der Waals surface area contributed by atoms with E-state index in [-0.39, 0.29) is 17.9 Å². The Hall–Kier alpha value is -3.02. The summed E-state index contributed by atoms with van der Waals surface area (Å²) in [5.41, 5.74) is 4.93. The van der Waals surface area contributed by atoms with Gasteiger partial charge in [0.25, 0.3) is 11.8 Å². The molecule has 1 N–H and O–H groups in total. The number of hydrogen-bond donors (Lipinski definition) is 1. The van der Waals surface area contributed by atoms with Crippen LogP contribution in [0.25, 0.3) is 6.08 Å². The minimum absolute atomic E-state index is 0.112. The Morgan fingerprint density at radius 2 is 1.76 bits per heavy atom. The molecular formula is C31H31ClN2O2S. The maximum Gasteiger partial charge on any atom is 0.260 e. The van der Waals surface area contributed by atoms with Crippen molar-refractivity contribution in [3.05, 3.63) is 111 Å². The predicted molar refractivity (Wildman–Crippen MR) is 152 cm³/mol. The molecule has 1 aliphatic carbocycles. The minimum atomic E-state index is -0.133. The van der Waals surface area contributed by atoms with Gasteiger partial charge in [0.15, 0.2) is 0 Å². The highest BCUT2D eigenvalue weighted by Crippen LogP contribution is 2.42. The van der Waals surface area contributed by atoms with Crippen molar-refractivity contribution >= 4 is 41.3 Å². The fraction of sp³-hybridized carbons (Fsp3) is 0.290. The molecule has 190 valence electrons. The number of carbonyl (C=O) groups excluding carboxylic acids is 2. The highest BCUT2D eigenvalue weighted by molar-refractivity contribution is 8.04. The number of amides is 2. The SMILES string of the molecule is Cc1ccccc1CN1C(=O)/C(=C\c2ccc(C(=O)NCc3ccc(Cl)cc3)cc2)SC2CCCCC21. The Kier molecular flexibility index (Phi) is 8.02. The number of rotatable bonds is 6. The Morgan fingerprint density at radius 3 is 2.51 bits per heavy atom. The van der Waals surface area contributed by atoms with E-state index in [1.165, 1.54) is 24.0 Å². The van der Waals surface area contributed by atoms with Crippen LogP contribution in [-0.2, 0) is 17.9 Å². The van der Waals surface area contributed by atoms with Crippen LogP contribution >= 0.6 is 23.4 Å². The van der Waals surface area contributed by atoms with E-state index >= 15 is 0 Å². The van der Waals surface area contributed by atoms with Gasteiger partial charge in [-0.05, 0) is 72.4 Å². The van der Waals surface area contributed by atoms with E-state index in [1.807, 2.05) is 66.7 Å². The van der Waals surface area contributed by atoms with Gasteiger partial charge in [0.2, 0.25) is 0 Å². The molecule has 2 fully saturated rings. The fourth-order valence-corrected chi connectivity index (χ4v) is 6.70. The van der Waals surface area contributed by atoms with Gasteiger partial charge >= 0.3 is 0 Å². The van der Waals surface area contributed by atoms with Gasteiger partial charge in [-0.15, -0.1) is 11.8 Å². The van der Waals surface area contributed by atoms with Gasteiger partial charge in [-0.25, -0.2) is 0 Å². The molecule has 2 atom stereocenters. The molecule has 0 spiro atoms. The average Bonchev–Trinajstić information content (AvgIpc) is 2.92. The van der Waals surface area contributed by atoms with Crippen molar-refractivity contribution in [3.8, 4) is 0 Å². The van der Waals surface area contributed by atoms with Crippen LogP contribution < -0.4 is 5.32 Å². The zero-order chi connectivity index (χ0) is 25.8. The fourth-order valence-electron chi connectivity index (χ4n) is 5.10. The van der Waals surface area contributed by atoms with Gasteiger partial charge in [-0.3, -0.25) is 9.59 Å². The van der Waals surface area contributed by atoms with E-state index in [0.29, 0.717) is 28.9 Å². The summed E-state index contributed by atoms with van der Waals surface area (Å²) in [6.45, 7) is 3.20. The number of nitrogens with zero attached hydrogens (tertiary/aromatic N) is 1. The largest absolute Gasteiger partial charge is 0.348 e. The number of thioether (sulfide) groups is 1. The third kappa shape index (κ3) is 6.11. The second kappa shape index (κ2) is 11.6. The second-order valence-electron chi connectivity index (χ2n) is 9.81. The first kappa shape index (κ1) is 25.6. The molecule has 0 radical (unpaired) electrons. The predicted octanol–water partition coefficient (Wildman–Crippen LogP) is 7.01. The first-order valence-electron chi connectivity index (χ1n) is 12.8. The Balaban J connectivity index is 1.30. The number of aryl methyl sites for hydroxylation is 1. The van der Waals surface area contributed by atoms with Crippen LogP contribution in [0.2, 0.25) is 5.02 Å². The van der Waals surface area contributed by atoms with E-state index in [9.17, 15) is 9.59 Å². The summed E-state index contributed by atoms with van der Waals surface area (Å²) in [6.07, 6.45) is 6.59. The smallest absolute Gasteiger partial charge is 0.260 e. The van der Waals surface area contributed by atoms with Crippen molar-refractivity contribution in [1.29, 1.82) is 0 Å². The number of benzene rings is 3. The standard InChI is InChI=1S/C31H31ClN2O2S/c1-21-6-2-3-7-25(21)20-34-27-8-4-5-9-28(27)37-29(31(34)36)18-22-10-14-24(15-11-22)30(35)33-19-23-12-16-26(32)17-13-23/h2-3,6-7,10-18,27-28H,4-5,8-9,19-20H2,1H3,(H,33,35)/b29-18+. The molecule has 6 heteroatoms. The van der Waals surface area contributed by atoms with Crippen LogP contribution in [0.4, 0.5) is 0 Å². The molecule has 5 rings (SSSR count). The van der Waals surface area contributed by atoms with Gasteiger partial charge < -0.3 is 10.2 Å². The van der Waals surface area contributed by atoms with Crippen molar-refractivity contribution in [2.45, 2.75) is 57.0 Å². The van der Waals surface area contributed by atoms with E-state index in [2.05, 4.69) is 29.3 Å². The number of carbonyl (C=O) groups is 2. The summed E-state index contributed by atoms with van der Waals surface area (Å²) in [5, 5.41) is 4.05. The molecule has 1 heterocycles. The average molecular weight is 531 g/mol. The molecule has 37 heavy (non-hydrogen) atoms. The molecule has 1 aliphatic heterocycles. The van der Waals surface area contributed by atoms with Crippen LogP contribution in [0.3, 0.4) is 0 Å². The summed E-state index contributed by atoms with van der Waals surface area (Å²) in [6, 6.07) is 23.5. The third-order valence-electron chi connectivity index (χ3n) is 7.26. The highest BCUT2D eigenvalue weighted by Gasteiger charge is 2.40. The lowest BCUT2D eigenvalue weighted by Crippen LogP contribution is -2.50. The lowest BCUT2D eigenvalue weighted by Gasteiger charge is -2.44. The Morgan fingerprint density at radius 1 is 1.03 bits per heavy atom. The quantitative estimate of drug-likeness (QED) is 0.349. The van der Waals surface area contributed by atoms with E-state index in [1.54, 1.807) is 11.8 Å². The topological polar surface area (TPSA) is 49.4 Å². The van der Waals surface area contributed by atoms with Gasteiger partial charge in [0.1, 0.15) is 0 Å². The second-order valence-corrected chi connectivity index (χ2v) is 11.5. The van der Waals surface area contributed by atoms with Gasteiger partial charge in [-0.2, -0.15) is 0 Å². The van der Waals surface area contributed by atoms with Crippen molar-refractivity contribution in [1.82, 2.24) is 10.2 Å². The molecule has 2 unspecified atom stereocenters. The maximum atomic E-state index is 13.7. The molecule has 0 aromatic heterocycles. The van der Waals surface area contributed by atoms with Crippen molar-refractivity contribution in [3.63, 3.8) is 0 Å². The van der Waals surface area contributed by atoms with Crippen LogP contribution in [0.5, 0.6) is 0 Å². The summed E-state index contributed by atoms with van der Waals surface area (Å²) in [5.74, 6) is -0.0205. The zero-order valence-corrected chi connectivity index (χ0v) is 22.5. The molecule has 1 saturated carbocycles. The van der Waals surface area contributed by atoms with E-state index in [4.69, 9.17) is 11.6 Å². The number of halogens is 1. The third-order valence-corrected chi connectivity index (χ3v) is 8.91. The summed E-state index contributed by atoms with van der Waals surface area (Å²) >= 11 is 7.67. The maximum absolute atomic E-state index is 13.7. The van der Waals surface area contributed by atoms with Gasteiger partial charge in [0, 0.05) is 35.0 Å². The first-order chi connectivity index (χ1) is 18.0. The monoisotopic (exact) mass is 530 g/mol. The normalized spacial score (nSPS) is 20.5. The lowest BCUT2D eigenvalue weighted by atomic mass is 9.92. The molecule has 4 nitrogen and oxygen atoms in total. The van der Waals surface area contributed by atoms with Gasteiger partial charge in [0.05, 0.1) is 4.91 Å². The van der Waals surface area contributed by atoms with E-state index in [0.717, 1.165) is 28.9 Å². The van der Waals surface area contributed by atoms with Crippen molar-refractivity contribution in [2.24, 2.45) is 0 Å². The number of hydrogen-bond acceptors (Lipinski definition) is 3. The molecule has 3 aromatic carbocycles. The molecule has 2 aliphatic rings. The van der Waals surface area contributed by atoms with Crippen LogP contribution in [-0.4, -0.2) is 28.0 Å². The molecular weight excluding hydrogens is 500 g/mol. The lowest BCUT2D eigenvalue weighted by molar-refractivity contribution is -0.130. The highest BCUT2D eigenvalue weighted by atomic mass is 35.5. The summed E-state index contributed by atoms with van der Waals surface area (Å²) in [4.78, 5) is 29.2.